The summed E-state index contributed by atoms with van der Waals surface area (Å²) in [6.45, 7) is 3.04. The molecule has 3 nitrogen and oxygen atoms in total. The molecule has 3 heteroatoms. The van der Waals surface area contributed by atoms with Crippen molar-refractivity contribution in [1.82, 2.24) is 5.32 Å². The number of nitrogens with one attached hydrogen (secondary N) is 1. The zero-order valence-corrected chi connectivity index (χ0v) is 12.5. The second-order valence-electron chi connectivity index (χ2n) is 7.70. The second kappa shape index (κ2) is 4.81. The molecule has 0 radical (unpaired) electrons. The number of hydrogen-bond donors (Lipinski definition) is 1. The molecule has 2 saturated heterocycles. The van der Waals surface area contributed by atoms with Gasteiger partial charge in [-0.2, -0.15) is 0 Å². The first-order valence-corrected chi connectivity index (χ1v) is 8.62. The Morgan fingerprint density at radius 3 is 2.55 bits per heavy atom. The number of carbonyl (C=O) groups excluding carboxylic acids is 1. The highest BCUT2D eigenvalue weighted by atomic mass is 16.5. The maximum atomic E-state index is 12.9. The van der Waals surface area contributed by atoms with Crippen LogP contribution in [0.4, 0.5) is 0 Å². The maximum absolute atomic E-state index is 12.9. The van der Waals surface area contributed by atoms with Crippen LogP contribution in [0, 0.1) is 17.3 Å². The van der Waals surface area contributed by atoms with E-state index in [-0.39, 0.29) is 5.60 Å². The summed E-state index contributed by atoms with van der Waals surface area (Å²) in [5.74, 6) is 1.30. The lowest BCUT2D eigenvalue weighted by molar-refractivity contribution is -0.138. The molecular weight excluding hydrogens is 250 g/mol. The van der Waals surface area contributed by atoms with Crippen molar-refractivity contribution in [2.75, 3.05) is 19.7 Å². The Balaban J connectivity index is 1.41. The minimum Gasteiger partial charge on any atom is -0.375 e. The SMILES string of the molecule is O=C(C1CCOC2(CCCC2)C1)C1CC12CCNCC2. The number of carbonyl (C=O) groups is 1. The smallest absolute Gasteiger partial charge is 0.139 e. The van der Waals surface area contributed by atoms with Gasteiger partial charge in [0, 0.05) is 18.4 Å². The van der Waals surface area contributed by atoms with Crippen molar-refractivity contribution >= 4 is 5.78 Å². The van der Waals surface area contributed by atoms with Crippen molar-refractivity contribution in [2.45, 2.75) is 63.4 Å². The van der Waals surface area contributed by atoms with E-state index in [0.29, 0.717) is 23.0 Å². The minimum absolute atomic E-state index is 0.0920. The first-order valence-electron chi connectivity index (χ1n) is 8.62. The molecule has 4 aliphatic rings. The molecule has 2 heterocycles. The number of hydrogen-bond acceptors (Lipinski definition) is 3. The van der Waals surface area contributed by atoms with Crippen LogP contribution in [0.1, 0.15) is 57.8 Å². The van der Waals surface area contributed by atoms with E-state index in [1.54, 1.807) is 0 Å². The molecule has 2 aliphatic carbocycles. The van der Waals surface area contributed by atoms with Gasteiger partial charge >= 0.3 is 0 Å². The molecule has 4 rings (SSSR count). The van der Waals surface area contributed by atoms with Crippen molar-refractivity contribution in [1.29, 1.82) is 0 Å². The van der Waals surface area contributed by atoms with Crippen LogP contribution in [0.5, 0.6) is 0 Å². The molecule has 0 aromatic carbocycles. The van der Waals surface area contributed by atoms with Gasteiger partial charge in [-0.1, -0.05) is 12.8 Å². The Labute approximate surface area is 121 Å². The van der Waals surface area contributed by atoms with Gasteiger partial charge in [-0.15, -0.1) is 0 Å². The van der Waals surface area contributed by atoms with E-state index in [2.05, 4.69) is 5.32 Å². The fourth-order valence-corrected chi connectivity index (χ4v) is 5.15. The summed E-state index contributed by atoms with van der Waals surface area (Å²) >= 11 is 0. The monoisotopic (exact) mass is 277 g/mol. The summed E-state index contributed by atoms with van der Waals surface area (Å²) in [4.78, 5) is 12.9. The Kier molecular flexibility index (Phi) is 3.19. The van der Waals surface area contributed by atoms with Crippen molar-refractivity contribution in [3.05, 3.63) is 0 Å². The lowest BCUT2D eigenvalue weighted by Gasteiger charge is -2.38. The third-order valence-corrected chi connectivity index (χ3v) is 6.54. The molecule has 2 unspecified atom stereocenters. The first-order chi connectivity index (χ1) is 9.73. The number of ketones is 1. The zero-order valence-electron chi connectivity index (χ0n) is 12.5. The number of ether oxygens (including phenoxy) is 1. The summed E-state index contributed by atoms with van der Waals surface area (Å²) in [6, 6.07) is 0. The van der Waals surface area contributed by atoms with Crippen LogP contribution in [-0.2, 0) is 9.53 Å². The van der Waals surface area contributed by atoms with Gasteiger partial charge < -0.3 is 10.1 Å². The maximum Gasteiger partial charge on any atom is 0.139 e. The average molecular weight is 277 g/mol. The Morgan fingerprint density at radius 1 is 1.05 bits per heavy atom. The van der Waals surface area contributed by atoms with Crippen LogP contribution in [0.3, 0.4) is 0 Å². The van der Waals surface area contributed by atoms with Crippen LogP contribution in [0.15, 0.2) is 0 Å². The van der Waals surface area contributed by atoms with E-state index in [9.17, 15) is 4.79 Å². The Hall–Kier alpha value is -0.410. The van der Waals surface area contributed by atoms with Crippen LogP contribution in [-0.4, -0.2) is 31.1 Å². The van der Waals surface area contributed by atoms with E-state index in [1.165, 1.54) is 44.9 Å². The van der Waals surface area contributed by atoms with E-state index in [4.69, 9.17) is 4.74 Å². The zero-order chi connectivity index (χ0) is 13.6. The van der Waals surface area contributed by atoms with Gasteiger partial charge in [-0.3, -0.25) is 4.79 Å². The molecule has 4 fully saturated rings. The van der Waals surface area contributed by atoms with Gasteiger partial charge in [-0.05, 0) is 63.5 Å². The third kappa shape index (κ3) is 2.14. The van der Waals surface area contributed by atoms with Gasteiger partial charge in [0.25, 0.3) is 0 Å². The van der Waals surface area contributed by atoms with Crippen LogP contribution >= 0.6 is 0 Å². The molecular formula is C17H27NO2. The fourth-order valence-electron chi connectivity index (χ4n) is 5.15. The highest BCUT2D eigenvalue weighted by Crippen LogP contribution is 2.60. The van der Waals surface area contributed by atoms with E-state index in [0.717, 1.165) is 32.5 Å². The van der Waals surface area contributed by atoms with Gasteiger partial charge in [0.05, 0.1) is 5.60 Å². The van der Waals surface area contributed by atoms with Crippen LogP contribution in [0.25, 0.3) is 0 Å². The van der Waals surface area contributed by atoms with Crippen molar-refractivity contribution in [3.8, 4) is 0 Å². The molecule has 0 aromatic rings. The van der Waals surface area contributed by atoms with Gasteiger partial charge in [0.15, 0.2) is 0 Å². The molecule has 2 atom stereocenters. The highest BCUT2D eigenvalue weighted by Gasteiger charge is 2.59. The van der Waals surface area contributed by atoms with Gasteiger partial charge in [-0.25, -0.2) is 0 Å². The number of rotatable bonds is 2. The molecule has 0 amide bonds. The van der Waals surface area contributed by atoms with E-state index >= 15 is 0 Å². The lowest BCUT2D eigenvalue weighted by Crippen LogP contribution is -2.41. The van der Waals surface area contributed by atoms with Crippen molar-refractivity contribution in [2.24, 2.45) is 17.3 Å². The van der Waals surface area contributed by atoms with Crippen LogP contribution < -0.4 is 5.32 Å². The van der Waals surface area contributed by atoms with E-state index in [1.807, 2.05) is 0 Å². The summed E-state index contributed by atoms with van der Waals surface area (Å²) in [5.41, 5.74) is 0.498. The minimum atomic E-state index is 0.0920. The molecule has 2 spiro atoms. The first kappa shape index (κ1) is 13.3. The number of Topliss-reactive ketones (excluding diaryl/α,β-unsaturated/α-hetero) is 1. The third-order valence-electron chi connectivity index (χ3n) is 6.54. The van der Waals surface area contributed by atoms with Gasteiger partial charge in [0.2, 0.25) is 0 Å². The molecule has 2 saturated carbocycles. The lowest BCUT2D eigenvalue weighted by atomic mass is 9.79. The molecule has 0 bridgehead atoms. The molecule has 20 heavy (non-hydrogen) atoms. The summed E-state index contributed by atoms with van der Waals surface area (Å²) in [5, 5.41) is 3.43. The normalized spacial score (nSPS) is 38.2. The quantitative estimate of drug-likeness (QED) is 0.843. The Morgan fingerprint density at radius 2 is 1.80 bits per heavy atom. The topological polar surface area (TPSA) is 38.3 Å². The molecule has 0 aromatic heterocycles. The average Bonchev–Trinajstić information content (AvgIpc) is 2.97. The molecule has 1 N–H and O–H groups in total. The molecule has 2 aliphatic heterocycles. The summed E-state index contributed by atoms with van der Waals surface area (Å²) < 4.78 is 6.08. The fraction of sp³-hybridized carbons (Fsp3) is 0.941. The molecule has 112 valence electrons. The van der Waals surface area contributed by atoms with Crippen molar-refractivity contribution < 1.29 is 9.53 Å². The predicted octanol–water partition coefficient (Wildman–Crippen LogP) is 2.68. The van der Waals surface area contributed by atoms with Gasteiger partial charge in [0.1, 0.15) is 5.78 Å². The second-order valence-corrected chi connectivity index (χ2v) is 7.70. The predicted molar refractivity (Wildman–Crippen MR) is 77.5 cm³/mol. The number of piperidine rings is 1. The summed E-state index contributed by atoms with van der Waals surface area (Å²) in [6.07, 6.45) is 10.6. The Bertz CT molecular complexity index is 394. The highest BCUT2D eigenvalue weighted by molar-refractivity contribution is 5.87. The standard InChI is InChI=1S/C17H27NO2/c19-15(14-12-16(14)6-8-18-9-7-16)13-3-10-20-17(11-13)4-1-2-5-17/h13-14,18H,1-12H2. The van der Waals surface area contributed by atoms with Crippen molar-refractivity contribution in [3.63, 3.8) is 0 Å². The summed E-state index contributed by atoms with van der Waals surface area (Å²) in [7, 11) is 0. The van der Waals surface area contributed by atoms with Crippen LogP contribution in [0.2, 0.25) is 0 Å². The largest absolute Gasteiger partial charge is 0.375 e. The van der Waals surface area contributed by atoms with E-state index < -0.39 is 0 Å².